The standard InChI is InChI=1S/C12H12N2O7/c15-11(10-6-20-3-4-21-10)13-9-2-1-7(14(18)19)5-8(9)12(16)17/h1-2,5,10H,3-4,6H2,(H,13,15)(H,16,17). The number of benzene rings is 1. The molecule has 1 fully saturated rings. The van der Waals surface area contributed by atoms with Crippen LogP contribution in [0.25, 0.3) is 0 Å². The van der Waals surface area contributed by atoms with Gasteiger partial charge in [0.2, 0.25) is 0 Å². The first-order valence-electron chi connectivity index (χ1n) is 6.01. The molecule has 1 atom stereocenters. The van der Waals surface area contributed by atoms with E-state index in [1.165, 1.54) is 6.07 Å². The number of carbonyl (C=O) groups excluding carboxylic acids is 1. The second-order valence-electron chi connectivity index (χ2n) is 4.22. The quantitative estimate of drug-likeness (QED) is 0.616. The van der Waals surface area contributed by atoms with Gasteiger partial charge in [0.05, 0.1) is 36.0 Å². The summed E-state index contributed by atoms with van der Waals surface area (Å²) < 4.78 is 10.3. The lowest BCUT2D eigenvalue weighted by atomic mass is 10.1. The molecule has 1 saturated heterocycles. The van der Waals surface area contributed by atoms with Gasteiger partial charge in [-0.3, -0.25) is 14.9 Å². The summed E-state index contributed by atoms with van der Waals surface area (Å²) in [6.45, 7) is 0.729. The Morgan fingerprint density at radius 1 is 1.38 bits per heavy atom. The number of carboxylic acids is 1. The van der Waals surface area contributed by atoms with Crippen LogP contribution in [-0.2, 0) is 14.3 Å². The van der Waals surface area contributed by atoms with Crippen molar-refractivity contribution in [2.75, 3.05) is 25.1 Å². The van der Waals surface area contributed by atoms with Crippen molar-refractivity contribution in [3.8, 4) is 0 Å². The van der Waals surface area contributed by atoms with Gasteiger partial charge in [-0.2, -0.15) is 0 Å². The number of non-ortho nitro benzene ring substituents is 1. The summed E-state index contributed by atoms with van der Waals surface area (Å²) in [4.78, 5) is 33.0. The fraction of sp³-hybridized carbons (Fsp3) is 0.333. The van der Waals surface area contributed by atoms with Gasteiger partial charge in [-0.15, -0.1) is 0 Å². The number of amides is 1. The van der Waals surface area contributed by atoms with Crippen molar-refractivity contribution in [3.05, 3.63) is 33.9 Å². The van der Waals surface area contributed by atoms with E-state index >= 15 is 0 Å². The number of hydrogen-bond donors (Lipinski definition) is 2. The average Bonchev–Trinajstić information content (AvgIpc) is 2.48. The van der Waals surface area contributed by atoms with E-state index in [0.717, 1.165) is 12.1 Å². The summed E-state index contributed by atoms with van der Waals surface area (Å²) in [5, 5.41) is 22.1. The third-order valence-corrected chi connectivity index (χ3v) is 2.81. The maximum atomic E-state index is 11.9. The van der Waals surface area contributed by atoms with Gasteiger partial charge in [-0.1, -0.05) is 0 Å². The Morgan fingerprint density at radius 3 is 2.71 bits per heavy atom. The van der Waals surface area contributed by atoms with Gasteiger partial charge in [0.1, 0.15) is 0 Å². The molecule has 9 heteroatoms. The minimum atomic E-state index is -1.38. The van der Waals surface area contributed by atoms with Crippen LogP contribution in [0.4, 0.5) is 11.4 Å². The number of nitro benzene ring substituents is 1. The number of hydrogen-bond acceptors (Lipinski definition) is 6. The van der Waals surface area contributed by atoms with E-state index in [4.69, 9.17) is 14.6 Å². The summed E-state index contributed by atoms with van der Waals surface area (Å²) in [6, 6.07) is 3.17. The molecule has 1 aliphatic rings. The number of nitrogens with zero attached hydrogens (tertiary/aromatic N) is 1. The lowest BCUT2D eigenvalue weighted by Gasteiger charge is -2.22. The highest BCUT2D eigenvalue weighted by molar-refractivity contribution is 6.02. The minimum Gasteiger partial charge on any atom is -0.478 e. The van der Waals surface area contributed by atoms with Crippen LogP contribution >= 0.6 is 0 Å². The molecule has 2 N–H and O–H groups in total. The van der Waals surface area contributed by atoms with E-state index in [0.29, 0.717) is 6.61 Å². The predicted molar refractivity (Wildman–Crippen MR) is 69.2 cm³/mol. The van der Waals surface area contributed by atoms with Crippen LogP contribution in [0.15, 0.2) is 18.2 Å². The maximum Gasteiger partial charge on any atom is 0.338 e. The highest BCUT2D eigenvalue weighted by Crippen LogP contribution is 2.22. The van der Waals surface area contributed by atoms with Gasteiger partial charge in [-0.05, 0) is 6.07 Å². The summed E-state index contributed by atoms with van der Waals surface area (Å²) in [5.41, 5.74) is -0.774. The van der Waals surface area contributed by atoms with Crippen LogP contribution in [0, 0.1) is 10.1 Å². The lowest BCUT2D eigenvalue weighted by molar-refractivity contribution is -0.384. The van der Waals surface area contributed by atoms with Crippen molar-refractivity contribution in [1.29, 1.82) is 0 Å². The highest BCUT2D eigenvalue weighted by Gasteiger charge is 2.25. The highest BCUT2D eigenvalue weighted by atomic mass is 16.6. The molecule has 0 bridgehead atoms. The molecule has 9 nitrogen and oxygen atoms in total. The smallest absolute Gasteiger partial charge is 0.338 e. The fourth-order valence-electron chi connectivity index (χ4n) is 1.78. The number of rotatable bonds is 4. The molecule has 0 saturated carbocycles. The van der Waals surface area contributed by atoms with Gasteiger partial charge in [0, 0.05) is 12.1 Å². The zero-order chi connectivity index (χ0) is 15.4. The first-order valence-corrected chi connectivity index (χ1v) is 6.01. The Labute approximate surface area is 118 Å². The first kappa shape index (κ1) is 14.9. The maximum absolute atomic E-state index is 11.9. The molecule has 1 aromatic carbocycles. The number of anilines is 1. The first-order chi connectivity index (χ1) is 9.99. The van der Waals surface area contributed by atoms with Crippen LogP contribution in [0.1, 0.15) is 10.4 Å². The lowest BCUT2D eigenvalue weighted by Crippen LogP contribution is -2.39. The fourth-order valence-corrected chi connectivity index (χ4v) is 1.78. The van der Waals surface area contributed by atoms with Crippen LogP contribution in [0.5, 0.6) is 0 Å². The molecule has 21 heavy (non-hydrogen) atoms. The molecular formula is C12H12N2O7. The molecular weight excluding hydrogens is 284 g/mol. The van der Waals surface area contributed by atoms with Crippen molar-refractivity contribution in [1.82, 2.24) is 0 Å². The van der Waals surface area contributed by atoms with Crippen molar-refractivity contribution in [3.63, 3.8) is 0 Å². The Hall–Kier alpha value is -2.52. The van der Waals surface area contributed by atoms with Gasteiger partial charge in [0.15, 0.2) is 6.10 Å². The Bertz CT molecular complexity index is 581. The van der Waals surface area contributed by atoms with Crippen molar-refractivity contribution in [2.45, 2.75) is 6.10 Å². The normalized spacial score (nSPS) is 18.0. The molecule has 0 aliphatic carbocycles. The predicted octanol–water partition coefficient (Wildman–Crippen LogP) is 0.647. The average molecular weight is 296 g/mol. The van der Waals surface area contributed by atoms with Crippen LogP contribution in [0.3, 0.4) is 0 Å². The zero-order valence-corrected chi connectivity index (χ0v) is 10.8. The van der Waals surface area contributed by atoms with Crippen LogP contribution in [-0.4, -0.2) is 47.8 Å². The second kappa shape index (κ2) is 6.29. The second-order valence-corrected chi connectivity index (χ2v) is 4.22. The monoisotopic (exact) mass is 296 g/mol. The number of carbonyl (C=O) groups is 2. The topological polar surface area (TPSA) is 128 Å². The number of ether oxygens (including phenoxy) is 2. The molecule has 0 spiro atoms. The summed E-state index contributed by atoms with van der Waals surface area (Å²) >= 11 is 0. The molecule has 1 unspecified atom stereocenters. The van der Waals surface area contributed by atoms with Crippen molar-refractivity contribution < 1.29 is 29.1 Å². The van der Waals surface area contributed by atoms with Crippen molar-refractivity contribution in [2.24, 2.45) is 0 Å². The van der Waals surface area contributed by atoms with Gasteiger partial charge in [-0.25, -0.2) is 4.79 Å². The van der Waals surface area contributed by atoms with E-state index in [2.05, 4.69) is 5.32 Å². The van der Waals surface area contributed by atoms with Crippen molar-refractivity contribution >= 4 is 23.3 Å². The summed E-state index contributed by atoms with van der Waals surface area (Å²) in [7, 11) is 0. The van der Waals surface area contributed by atoms with Crippen LogP contribution in [0.2, 0.25) is 0 Å². The Balaban J connectivity index is 2.20. The molecule has 0 radical (unpaired) electrons. The molecule has 2 rings (SSSR count). The zero-order valence-electron chi connectivity index (χ0n) is 10.8. The molecule has 1 heterocycles. The summed E-state index contributed by atoms with van der Waals surface area (Å²) in [6.07, 6.45) is -0.837. The van der Waals surface area contributed by atoms with E-state index in [1.807, 2.05) is 0 Å². The van der Waals surface area contributed by atoms with Gasteiger partial charge in [0.25, 0.3) is 11.6 Å². The van der Waals surface area contributed by atoms with Gasteiger partial charge < -0.3 is 19.9 Å². The van der Waals surface area contributed by atoms with E-state index in [1.54, 1.807) is 0 Å². The molecule has 1 amide bonds. The van der Waals surface area contributed by atoms with E-state index in [9.17, 15) is 19.7 Å². The molecule has 1 aromatic rings. The largest absolute Gasteiger partial charge is 0.478 e. The summed E-state index contributed by atoms with van der Waals surface area (Å²) in [5.74, 6) is -1.94. The van der Waals surface area contributed by atoms with Crippen LogP contribution < -0.4 is 5.32 Å². The van der Waals surface area contributed by atoms with E-state index < -0.39 is 22.9 Å². The number of carboxylic acid groups (broad SMARTS) is 1. The molecule has 0 aromatic heterocycles. The third-order valence-electron chi connectivity index (χ3n) is 2.81. The number of aromatic carboxylic acids is 1. The Kier molecular flexibility index (Phi) is 4.45. The third kappa shape index (κ3) is 3.52. The van der Waals surface area contributed by atoms with E-state index in [-0.39, 0.29) is 30.2 Å². The number of nitrogens with one attached hydrogen (secondary N) is 1. The minimum absolute atomic E-state index is 0.0349. The molecule has 112 valence electrons. The Morgan fingerprint density at radius 2 is 2.14 bits per heavy atom. The van der Waals surface area contributed by atoms with Gasteiger partial charge >= 0.3 is 5.97 Å². The SMILES string of the molecule is O=C(O)c1cc([N+](=O)[O-])ccc1NC(=O)C1COCCO1. The molecule has 1 aliphatic heterocycles. The number of nitro groups is 1.